The fourth-order valence-corrected chi connectivity index (χ4v) is 1.47. The van der Waals surface area contributed by atoms with Crippen LogP contribution in [0.3, 0.4) is 0 Å². The highest BCUT2D eigenvalue weighted by atomic mass is 14.9. The number of rotatable bonds is 7. The molecule has 1 aromatic rings. The summed E-state index contributed by atoms with van der Waals surface area (Å²) in [6.45, 7) is 12.2. The van der Waals surface area contributed by atoms with E-state index in [1.165, 1.54) is 5.69 Å². The largest absolute Gasteiger partial charge is 0.384 e. The zero-order chi connectivity index (χ0) is 12.7. The summed E-state index contributed by atoms with van der Waals surface area (Å²) in [4.78, 5) is 0. The minimum absolute atomic E-state index is 0.368. The van der Waals surface area contributed by atoms with E-state index in [9.17, 15) is 0 Å². The molecule has 0 aliphatic carbocycles. The van der Waals surface area contributed by atoms with E-state index in [2.05, 4.69) is 62.6 Å². The molecule has 0 spiro atoms. The van der Waals surface area contributed by atoms with Crippen LogP contribution in [0.2, 0.25) is 0 Å². The maximum absolute atomic E-state index is 3.51. The molecule has 17 heavy (non-hydrogen) atoms. The first kappa shape index (κ1) is 14.0. The van der Waals surface area contributed by atoms with Crippen molar-refractivity contribution in [3.05, 3.63) is 30.3 Å². The number of hydrogen-bond acceptors (Lipinski definition) is 2. The summed E-state index contributed by atoms with van der Waals surface area (Å²) in [5.74, 6) is 0.706. The van der Waals surface area contributed by atoms with E-state index in [1.807, 2.05) is 6.07 Å². The van der Waals surface area contributed by atoms with E-state index in [0.717, 1.165) is 19.6 Å². The highest BCUT2D eigenvalue weighted by Crippen LogP contribution is 2.24. The van der Waals surface area contributed by atoms with Crippen molar-refractivity contribution >= 4 is 5.69 Å². The molecular formula is C15H26N2. The van der Waals surface area contributed by atoms with E-state index in [1.54, 1.807) is 0 Å². The lowest BCUT2D eigenvalue weighted by atomic mass is 9.81. The summed E-state index contributed by atoms with van der Waals surface area (Å²) in [6, 6.07) is 10.3. The van der Waals surface area contributed by atoms with Gasteiger partial charge in [-0.3, -0.25) is 0 Å². The minimum atomic E-state index is 0.368. The molecule has 0 saturated heterocycles. The fraction of sp³-hybridized carbons (Fsp3) is 0.600. The lowest BCUT2D eigenvalue weighted by molar-refractivity contribution is 0.240. The molecule has 1 rings (SSSR count). The van der Waals surface area contributed by atoms with Crippen molar-refractivity contribution in [2.45, 2.75) is 27.7 Å². The topological polar surface area (TPSA) is 24.1 Å². The van der Waals surface area contributed by atoms with Gasteiger partial charge in [-0.05, 0) is 23.5 Å². The lowest BCUT2D eigenvalue weighted by Gasteiger charge is -2.29. The van der Waals surface area contributed by atoms with Gasteiger partial charge in [0.15, 0.2) is 0 Å². The summed E-state index contributed by atoms with van der Waals surface area (Å²) in [5, 5.41) is 6.91. The Labute approximate surface area is 106 Å². The molecule has 0 aliphatic rings. The molecule has 2 nitrogen and oxygen atoms in total. The van der Waals surface area contributed by atoms with Gasteiger partial charge in [0, 0.05) is 25.3 Å². The summed E-state index contributed by atoms with van der Waals surface area (Å²) in [5.41, 5.74) is 1.56. The predicted molar refractivity (Wildman–Crippen MR) is 76.4 cm³/mol. The number of hydrogen-bond donors (Lipinski definition) is 2. The summed E-state index contributed by atoms with van der Waals surface area (Å²) >= 11 is 0. The van der Waals surface area contributed by atoms with Crippen molar-refractivity contribution < 1.29 is 0 Å². The Balaban J connectivity index is 2.13. The van der Waals surface area contributed by atoms with Gasteiger partial charge in [-0.25, -0.2) is 0 Å². The molecule has 96 valence electrons. The SMILES string of the molecule is CC(C)C(C)(C)CNCCNc1ccccc1. The van der Waals surface area contributed by atoms with Crippen LogP contribution in [0.15, 0.2) is 30.3 Å². The van der Waals surface area contributed by atoms with E-state index < -0.39 is 0 Å². The molecule has 2 heteroatoms. The molecule has 0 bridgehead atoms. The smallest absolute Gasteiger partial charge is 0.0340 e. The van der Waals surface area contributed by atoms with Crippen molar-refractivity contribution in [3.8, 4) is 0 Å². The first-order valence-corrected chi connectivity index (χ1v) is 6.52. The van der Waals surface area contributed by atoms with Gasteiger partial charge in [0.05, 0.1) is 0 Å². The van der Waals surface area contributed by atoms with Gasteiger partial charge in [-0.2, -0.15) is 0 Å². The van der Waals surface area contributed by atoms with Crippen LogP contribution in [0.25, 0.3) is 0 Å². The monoisotopic (exact) mass is 234 g/mol. The van der Waals surface area contributed by atoms with Gasteiger partial charge < -0.3 is 10.6 Å². The molecule has 2 N–H and O–H groups in total. The summed E-state index contributed by atoms with van der Waals surface area (Å²) in [7, 11) is 0. The average Bonchev–Trinajstić information content (AvgIpc) is 2.29. The van der Waals surface area contributed by atoms with Crippen LogP contribution in [0, 0.1) is 11.3 Å². The third-order valence-electron chi connectivity index (χ3n) is 3.55. The predicted octanol–water partition coefficient (Wildman–Crippen LogP) is 3.37. The molecule has 0 aliphatic heterocycles. The highest BCUT2D eigenvalue weighted by molar-refractivity contribution is 5.42. The normalized spacial score (nSPS) is 11.8. The Morgan fingerprint density at radius 1 is 1.06 bits per heavy atom. The molecule has 0 aromatic heterocycles. The Morgan fingerprint density at radius 2 is 1.71 bits per heavy atom. The summed E-state index contributed by atoms with van der Waals surface area (Å²) < 4.78 is 0. The quantitative estimate of drug-likeness (QED) is 0.707. The van der Waals surface area contributed by atoms with Crippen LogP contribution < -0.4 is 10.6 Å². The molecule has 0 radical (unpaired) electrons. The molecule has 0 atom stereocenters. The minimum Gasteiger partial charge on any atom is -0.384 e. The number of para-hydroxylation sites is 1. The maximum Gasteiger partial charge on any atom is 0.0340 e. The molecular weight excluding hydrogens is 208 g/mol. The zero-order valence-corrected chi connectivity index (χ0v) is 11.6. The first-order chi connectivity index (χ1) is 8.02. The number of anilines is 1. The second-order valence-corrected chi connectivity index (χ2v) is 5.61. The van der Waals surface area contributed by atoms with Gasteiger partial charge in [0.1, 0.15) is 0 Å². The van der Waals surface area contributed by atoms with Gasteiger partial charge >= 0.3 is 0 Å². The van der Waals surface area contributed by atoms with Crippen molar-refractivity contribution in [3.63, 3.8) is 0 Å². The van der Waals surface area contributed by atoms with Crippen LogP contribution in [0.5, 0.6) is 0 Å². The van der Waals surface area contributed by atoms with Crippen molar-refractivity contribution in [2.24, 2.45) is 11.3 Å². The molecule has 0 fully saturated rings. The van der Waals surface area contributed by atoms with E-state index in [4.69, 9.17) is 0 Å². The first-order valence-electron chi connectivity index (χ1n) is 6.52. The Hall–Kier alpha value is -1.02. The van der Waals surface area contributed by atoms with Crippen LogP contribution in [0.1, 0.15) is 27.7 Å². The van der Waals surface area contributed by atoms with Crippen molar-refractivity contribution in [1.29, 1.82) is 0 Å². The van der Waals surface area contributed by atoms with Crippen LogP contribution in [-0.2, 0) is 0 Å². The van der Waals surface area contributed by atoms with Crippen molar-refractivity contribution in [1.82, 2.24) is 5.32 Å². The van der Waals surface area contributed by atoms with Crippen LogP contribution in [-0.4, -0.2) is 19.6 Å². The maximum atomic E-state index is 3.51. The Kier molecular flexibility index (Phi) is 5.49. The van der Waals surface area contributed by atoms with E-state index in [-0.39, 0.29) is 0 Å². The van der Waals surface area contributed by atoms with Crippen LogP contribution in [0.4, 0.5) is 5.69 Å². The van der Waals surface area contributed by atoms with E-state index >= 15 is 0 Å². The molecule has 0 saturated carbocycles. The summed E-state index contributed by atoms with van der Waals surface area (Å²) in [6.07, 6.45) is 0. The average molecular weight is 234 g/mol. The zero-order valence-electron chi connectivity index (χ0n) is 11.6. The Bertz CT molecular complexity index is 304. The number of benzene rings is 1. The van der Waals surface area contributed by atoms with E-state index in [0.29, 0.717) is 11.3 Å². The van der Waals surface area contributed by atoms with Gasteiger partial charge in [-0.15, -0.1) is 0 Å². The van der Waals surface area contributed by atoms with Crippen LogP contribution >= 0.6 is 0 Å². The lowest BCUT2D eigenvalue weighted by Crippen LogP contribution is -2.35. The number of nitrogens with one attached hydrogen (secondary N) is 2. The van der Waals surface area contributed by atoms with Gasteiger partial charge in [0.2, 0.25) is 0 Å². The van der Waals surface area contributed by atoms with Gasteiger partial charge in [-0.1, -0.05) is 45.9 Å². The standard InChI is InChI=1S/C15H26N2/c1-13(2)15(3,4)12-16-10-11-17-14-8-6-5-7-9-14/h5-9,13,16-17H,10-12H2,1-4H3. The third kappa shape index (κ3) is 5.22. The van der Waals surface area contributed by atoms with Gasteiger partial charge in [0.25, 0.3) is 0 Å². The molecule has 1 aromatic carbocycles. The second kappa shape index (κ2) is 6.65. The second-order valence-electron chi connectivity index (χ2n) is 5.61. The fourth-order valence-electron chi connectivity index (χ4n) is 1.47. The molecule has 0 amide bonds. The van der Waals surface area contributed by atoms with Crippen molar-refractivity contribution in [2.75, 3.05) is 25.0 Å². The molecule has 0 unspecified atom stereocenters. The molecule has 0 heterocycles. The Morgan fingerprint density at radius 3 is 2.29 bits per heavy atom. The third-order valence-corrected chi connectivity index (χ3v) is 3.55. The highest BCUT2D eigenvalue weighted by Gasteiger charge is 2.21.